The van der Waals surface area contributed by atoms with E-state index in [-0.39, 0.29) is 6.04 Å². The van der Waals surface area contributed by atoms with E-state index in [2.05, 4.69) is 10.3 Å². The van der Waals surface area contributed by atoms with E-state index in [1.807, 2.05) is 13.0 Å². The fourth-order valence-electron chi connectivity index (χ4n) is 0.947. The molecule has 1 heterocycles. The highest BCUT2D eigenvalue weighted by atomic mass is 16.3. The van der Waals surface area contributed by atoms with Crippen LogP contribution in [-0.2, 0) is 0 Å². The van der Waals surface area contributed by atoms with Crippen molar-refractivity contribution in [2.45, 2.75) is 26.0 Å². The van der Waals surface area contributed by atoms with Gasteiger partial charge in [0, 0.05) is 6.20 Å². The van der Waals surface area contributed by atoms with E-state index in [4.69, 9.17) is 5.26 Å². The molecule has 0 aliphatic rings. The lowest BCUT2D eigenvalue weighted by atomic mass is 10.2. The van der Waals surface area contributed by atoms with Crippen LogP contribution in [0.4, 0.5) is 5.82 Å². The van der Waals surface area contributed by atoms with Crippen LogP contribution in [0.15, 0.2) is 18.3 Å². The quantitative estimate of drug-likeness (QED) is 0.751. The van der Waals surface area contributed by atoms with Gasteiger partial charge in [0.15, 0.2) is 0 Å². The number of anilines is 1. The number of nitrogens with one attached hydrogen (secondary N) is 1. The summed E-state index contributed by atoms with van der Waals surface area (Å²) in [4.78, 5) is 4.03. The lowest BCUT2D eigenvalue weighted by Crippen LogP contribution is -2.28. The summed E-state index contributed by atoms with van der Waals surface area (Å²) in [5, 5.41) is 21.0. The second kappa shape index (κ2) is 4.58. The van der Waals surface area contributed by atoms with Crippen LogP contribution in [-0.4, -0.2) is 22.2 Å². The van der Waals surface area contributed by atoms with Crippen molar-refractivity contribution >= 4 is 5.82 Å². The van der Waals surface area contributed by atoms with Crippen molar-refractivity contribution in [2.75, 3.05) is 5.32 Å². The van der Waals surface area contributed by atoms with Crippen LogP contribution in [0.3, 0.4) is 0 Å². The van der Waals surface area contributed by atoms with E-state index in [1.165, 1.54) is 0 Å². The van der Waals surface area contributed by atoms with E-state index in [0.29, 0.717) is 11.4 Å². The first kappa shape index (κ1) is 10.5. The average molecular weight is 191 g/mol. The van der Waals surface area contributed by atoms with Crippen LogP contribution >= 0.6 is 0 Å². The summed E-state index contributed by atoms with van der Waals surface area (Å²) in [5.74, 6) is 0.517. The van der Waals surface area contributed by atoms with Gasteiger partial charge in [-0.1, -0.05) is 0 Å². The van der Waals surface area contributed by atoms with E-state index >= 15 is 0 Å². The third-order valence-electron chi connectivity index (χ3n) is 2.02. The van der Waals surface area contributed by atoms with Crippen LogP contribution in [0.2, 0.25) is 0 Å². The molecule has 14 heavy (non-hydrogen) atoms. The standard InChI is InChI=1S/C10H13N3O/c1-7(8(2)14)13-10-9(6-11)4-3-5-12-10/h3-5,7-8,14H,1-2H3,(H,12,13). The first-order valence-electron chi connectivity index (χ1n) is 4.45. The molecule has 1 rings (SSSR count). The first-order chi connectivity index (χ1) is 6.65. The van der Waals surface area contributed by atoms with Gasteiger partial charge < -0.3 is 10.4 Å². The van der Waals surface area contributed by atoms with Crippen LogP contribution < -0.4 is 5.32 Å². The van der Waals surface area contributed by atoms with Crippen molar-refractivity contribution in [3.63, 3.8) is 0 Å². The number of rotatable bonds is 3. The van der Waals surface area contributed by atoms with Crippen LogP contribution in [0, 0.1) is 11.3 Å². The molecule has 0 bridgehead atoms. The van der Waals surface area contributed by atoms with Gasteiger partial charge in [0.05, 0.1) is 17.7 Å². The zero-order valence-electron chi connectivity index (χ0n) is 8.23. The molecule has 0 aromatic carbocycles. The van der Waals surface area contributed by atoms with E-state index < -0.39 is 6.10 Å². The number of hydrogen-bond acceptors (Lipinski definition) is 4. The molecule has 2 atom stereocenters. The van der Waals surface area contributed by atoms with Gasteiger partial charge in [0.25, 0.3) is 0 Å². The van der Waals surface area contributed by atoms with Crippen molar-refractivity contribution in [2.24, 2.45) is 0 Å². The maximum Gasteiger partial charge on any atom is 0.144 e. The molecule has 0 spiro atoms. The molecule has 74 valence electrons. The molecule has 0 amide bonds. The third kappa shape index (κ3) is 2.44. The first-order valence-corrected chi connectivity index (χ1v) is 4.45. The highest BCUT2D eigenvalue weighted by molar-refractivity contribution is 5.51. The van der Waals surface area contributed by atoms with Gasteiger partial charge in [-0.2, -0.15) is 5.26 Å². The van der Waals surface area contributed by atoms with Gasteiger partial charge in [-0.05, 0) is 26.0 Å². The van der Waals surface area contributed by atoms with Crippen LogP contribution in [0.5, 0.6) is 0 Å². The summed E-state index contributed by atoms with van der Waals surface area (Å²) < 4.78 is 0. The average Bonchev–Trinajstić information content (AvgIpc) is 2.18. The molecule has 1 aromatic heterocycles. The lowest BCUT2D eigenvalue weighted by Gasteiger charge is -2.17. The Kier molecular flexibility index (Phi) is 3.43. The highest BCUT2D eigenvalue weighted by Gasteiger charge is 2.10. The molecule has 0 radical (unpaired) electrons. The highest BCUT2D eigenvalue weighted by Crippen LogP contribution is 2.11. The Morgan fingerprint density at radius 1 is 1.57 bits per heavy atom. The zero-order chi connectivity index (χ0) is 10.6. The van der Waals surface area contributed by atoms with Gasteiger partial charge in [-0.25, -0.2) is 4.98 Å². The van der Waals surface area contributed by atoms with Crippen LogP contribution in [0.1, 0.15) is 19.4 Å². The van der Waals surface area contributed by atoms with Gasteiger partial charge in [-0.15, -0.1) is 0 Å². The summed E-state index contributed by atoms with van der Waals surface area (Å²) in [6.07, 6.45) is 1.13. The van der Waals surface area contributed by atoms with Gasteiger partial charge in [0.1, 0.15) is 11.9 Å². The Labute approximate surface area is 83.2 Å². The molecule has 0 aliphatic carbocycles. The van der Waals surface area contributed by atoms with E-state index in [1.54, 1.807) is 25.3 Å². The van der Waals surface area contributed by atoms with Gasteiger partial charge in [0.2, 0.25) is 0 Å². The Balaban J connectivity index is 2.82. The minimum absolute atomic E-state index is 0.128. The van der Waals surface area contributed by atoms with Crippen molar-refractivity contribution in [3.8, 4) is 6.07 Å². The molecule has 4 heteroatoms. The summed E-state index contributed by atoms with van der Waals surface area (Å²) in [6, 6.07) is 5.30. The summed E-state index contributed by atoms with van der Waals surface area (Å²) >= 11 is 0. The van der Waals surface area contributed by atoms with Gasteiger partial charge in [-0.3, -0.25) is 0 Å². The number of hydrogen-bond donors (Lipinski definition) is 2. The maximum atomic E-state index is 9.27. The topological polar surface area (TPSA) is 68.9 Å². The maximum absolute atomic E-state index is 9.27. The van der Waals surface area contributed by atoms with Crippen molar-refractivity contribution in [1.82, 2.24) is 4.98 Å². The number of nitriles is 1. The Morgan fingerprint density at radius 2 is 2.29 bits per heavy atom. The molecule has 0 saturated heterocycles. The predicted molar refractivity (Wildman–Crippen MR) is 53.7 cm³/mol. The monoisotopic (exact) mass is 191 g/mol. The van der Waals surface area contributed by atoms with Crippen molar-refractivity contribution in [1.29, 1.82) is 5.26 Å². The Morgan fingerprint density at radius 3 is 2.86 bits per heavy atom. The molecule has 2 unspecified atom stereocenters. The normalized spacial score (nSPS) is 14.1. The van der Waals surface area contributed by atoms with Gasteiger partial charge >= 0.3 is 0 Å². The molecule has 2 N–H and O–H groups in total. The summed E-state index contributed by atoms with van der Waals surface area (Å²) in [5.41, 5.74) is 0.486. The number of nitrogens with zero attached hydrogens (tertiary/aromatic N) is 2. The number of aliphatic hydroxyl groups is 1. The minimum atomic E-state index is -0.483. The van der Waals surface area contributed by atoms with Crippen molar-refractivity contribution < 1.29 is 5.11 Å². The SMILES string of the molecule is CC(O)C(C)Nc1ncccc1C#N. The fraction of sp³-hybridized carbons (Fsp3) is 0.400. The second-order valence-electron chi connectivity index (χ2n) is 3.18. The largest absolute Gasteiger partial charge is 0.391 e. The molecule has 1 aromatic rings. The van der Waals surface area contributed by atoms with E-state index in [0.717, 1.165) is 0 Å². The molecular formula is C10H13N3O. The second-order valence-corrected chi connectivity index (χ2v) is 3.18. The molecule has 0 fully saturated rings. The lowest BCUT2D eigenvalue weighted by molar-refractivity contribution is 0.177. The van der Waals surface area contributed by atoms with Crippen molar-refractivity contribution in [3.05, 3.63) is 23.9 Å². The Hall–Kier alpha value is -1.60. The number of aliphatic hydroxyl groups excluding tert-OH is 1. The minimum Gasteiger partial charge on any atom is -0.391 e. The Bertz CT molecular complexity index is 343. The molecular weight excluding hydrogens is 178 g/mol. The van der Waals surface area contributed by atoms with E-state index in [9.17, 15) is 5.11 Å². The molecule has 4 nitrogen and oxygen atoms in total. The molecule has 0 aliphatic heterocycles. The fourth-order valence-corrected chi connectivity index (χ4v) is 0.947. The number of aromatic nitrogens is 1. The molecule has 0 saturated carbocycles. The summed E-state index contributed by atoms with van der Waals surface area (Å²) in [7, 11) is 0. The summed E-state index contributed by atoms with van der Waals surface area (Å²) in [6.45, 7) is 3.52. The third-order valence-corrected chi connectivity index (χ3v) is 2.02. The number of pyridine rings is 1. The smallest absolute Gasteiger partial charge is 0.144 e. The van der Waals surface area contributed by atoms with Crippen LogP contribution in [0.25, 0.3) is 0 Å². The zero-order valence-corrected chi connectivity index (χ0v) is 8.23. The predicted octanol–water partition coefficient (Wildman–Crippen LogP) is 1.13.